The summed E-state index contributed by atoms with van der Waals surface area (Å²) in [4.78, 5) is 15.7. The Labute approximate surface area is 149 Å². The zero-order chi connectivity index (χ0) is 17.1. The van der Waals surface area contributed by atoms with Crippen molar-refractivity contribution in [2.75, 3.05) is 31.1 Å². The zero-order valence-corrected chi connectivity index (χ0v) is 14.6. The van der Waals surface area contributed by atoms with E-state index in [1.807, 2.05) is 12.1 Å². The molecule has 0 atom stereocenters. The molecule has 130 valence electrons. The lowest BCUT2D eigenvalue weighted by Crippen LogP contribution is -2.44. The van der Waals surface area contributed by atoms with Gasteiger partial charge in [-0.25, -0.2) is 0 Å². The summed E-state index contributed by atoms with van der Waals surface area (Å²) in [5, 5.41) is 2.96. The minimum atomic E-state index is 0.510. The number of benzene rings is 2. The molecule has 0 bridgehead atoms. The van der Waals surface area contributed by atoms with Gasteiger partial charge in [-0.05, 0) is 60.2 Å². The molecule has 2 aliphatic rings. The Kier molecular flexibility index (Phi) is 4.79. The molecule has 4 nitrogen and oxygen atoms in total. The standard InChI is InChI=1S/C21H25N3O/c25-22-19-7-5-17(6-8-19)9-13-23-14-11-20(12-15-23)24-16-10-18-3-1-2-4-21(18)24/h1-8,20H,9-16H2. The van der Waals surface area contributed by atoms with Crippen LogP contribution < -0.4 is 4.90 Å². The Balaban J connectivity index is 1.28. The number of rotatable bonds is 5. The van der Waals surface area contributed by atoms with Crippen molar-refractivity contribution >= 4 is 11.4 Å². The van der Waals surface area contributed by atoms with E-state index in [9.17, 15) is 4.91 Å². The van der Waals surface area contributed by atoms with Gasteiger partial charge in [0, 0.05) is 37.9 Å². The Morgan fingerprint density at radius 3 is 2.48 bits per heavy atom. The van der Waals surface area contributed by atoms with Gasteiger partial charge in [-0.15, -0.1) is 4.91 Å². The van der Waals surface area contributed by atoms with Crippen molar-refractivity contribution in [3.63, 3.8) is 0 Å². The Bertz CT molecular complexity index is 720. The summed E-state index contributed by atoms with van der Waals surface area (Å²) in [5.41, 5.74) is 4.77. The van der Waals surface area contributed by atoms with Crippen molar-refractivity contribution in [3.8, 4) is 0 Å². The lowest BCUT2D eigenvalue weighted by molar-refractivity contribution is 0.212. The van der Waals surface area contributed by atoms with Crippen LogP contribution in [0.5, 0.6) is 0 Å². The summed E-state index contributed by atoms with van der Waals surface area (Å²) in [5.74, 6) is 0. The molecular formula is C21H25N3O. The number of anilines is 1. The topological polar surface area (TPSA) is 35.9 Å². The van der Waals surface area contributed by atoms with Crippen LogP contribution in [0.1, 0.15) is 24.0 Å². The number of piperidine rings is 1. The average Bonchev–Trinajstić information content (AvgIpc) is 3.11. The molecule has 0 saturated carbocycles. The number of para-hydroxylation sites is 1. The number of hydrogen-bond acceptors (Lipinski definition) is 4. The Morgan fingerprint density at radius 1 is 0.960 bits per heavy atom. The van der Waals surface area contributed by atoms with Gasteiger partial charge in [0.2, 0.25) is 0 Å². The second-order valence-electron chi connectivity index (χ2n) is 7.15. The molecule has 0 unspecified atom stereocenters. The van der Waals surface area contributed by atoms with E-state index in [-0.39, 0.29) is 0 Å². The normalized spacial score (nSPS) is 18.3. The summed E-state index contributed by atoms with van der Waals surface area (Å²) < 4.78 is 0. The largest absolute Gasteiger partial charge is 0.368 e. The van der Waals surface area contributed by atoms with Gasteiger partial charge in [0.15, 0.2) is 0 Å². The first-order valence-corrected chi connectivity index (χ1v) is 9.33. The average molecular weight is 335 g/mol. The van der Waals surface area contributed by atoms with Gasteiger partial charge in [-0.1, -0.05) is 30.3 Å². The molecular weight excluding hydrogens is 310 g/mol. The molecule has 2 aliphatic heterocycles. The molecule has 2 aromatic rings. The molecule has 4 rings (SSSR count). The van der Waals surface area contributed by atoms with Crippen LogP contribution in [0.15, 0.2) is 53.7 Å². The van der Waals surface area contributed by atoms with Crippen molar-refractivity contribution in [3.05, 3.63) is 64.6 Å². The maximum atomic E-state index is 10.5. The van der Waals surface area contributed by atoms with E-state index >= 15 is 0 Å². The predicted molar refractivity (Wildman–Crippen MR) is 103 cm³/mol. The van der Waals surface area contributed by atoms with Crippen LogP contribution in [0.4, 0.5) is 11.4 Å². The molecule has 4 heteroatoms. The Morgan fingerprint density at radius 2 is 1.72 bits per heavy atom. The number of hydrogen-bond donors (Lipinski definition) is 0. The minimum absolute atomic E-state index is 0.510. The van der Waals surface area contributed by atoms with Gasteiger partial charge in [0.05, 0.1) is 0 Å². The van der Waals surface area contributed by atoms with Gasteiger partial charge in [0.1, 0.15) is 5.69 Å². The highest BCUT2D eigenvalue weighted by molar-refractivity contribution is 5.58. The van der Waals surface area contributed by atoms with E-state index in [0.29, 0.717) is 11.7 Å². The van der Waals surface area contributed by atoms with Crippen LogP contribution in [-0.4, -0.2) is 37.1 Å². The van der Waals surface area contributed by atoms with Gasteiger partial charge >= 0.3 is 0 Å². The van der Waals surface area contributed by atoms with E-state index in [1.54, 1.807) is 12.1 Å². The molecule has 2 aromatic carbocycles. The van der Waals surface area contributed by atoms with E-state index in [0.717, 1.165) is 13.0 Å². The van der Waals surface area contributed by atoms with Gasteiger partial charge in [-0.3, -0.25) is 0 Å². The molecule has 1 saturated heterocycles. The SMILES string of the molecule is O=Nc1ccc(CCN2CCC(N3CCc4ccccc43)CC2)cc1. The van der Waals surface area contributed by atoms with Gasteiger partial charge in [-0.2, -0.15) is 0 Å². The first-order valence-electron chi connectivity index (χ1n) is 9.33. The van der Waals surface area contributed by atoms with Crippen LogP contribution in [-0.2, 0) is 12.8 Å². The maximum Gasteiger partial charge on any atom is 0.108 e. The third-order valence-electron chi connectivity index (χ3n) is 5.68. The van der Waals surface area contributed by atoms with Crippen molar-refractivity contribution in [1.82, 2.24) is 4.90 Å². The molecule has 0 aromatic heterocycles. The van der Waals surface area contributed by atoms with E-state index in [2.05, 4.69) is 39.2 Å². The van der Waals surface area contributed by atoms with Crippen molar-refractivity contribution in [2.24, 2.45) is 5.18 Å². The summed E-state index contributed by atoms with van der Waals surface area (Å²) in [6.45, 7) is 4.63. The fraction of sp³-hybridized carbons (Fsp3) is 0.429. The van der Waals surface area contributed by atoms with Gasteiger partial charge in [0.25, 0.3) is 0 Å². The van der Waals surface area contributed by atoms with Gasteiger partial charge < -0.3 is 9.80 Å². The predicted octanol–water partition coefficient (Wildman–Crippen LogP) is 4.15. The highest BCUT2D eigenvalue weighted by Crippen LogP contribution is 2.32. The molecule has 0 aliphatic carbocycles. The minimum Gasteiger partial charge on any atom is -0.368 e. The molecule has 0 amide bonds. The highest BCUT2D eigenvalue weighted by atomic mass is 16.3. The third-order valence-corrected chi connectivity index (χ3v) is 5.68. The lowest BCUT2D eigenvalue weighted by atomic mass is 10.0. The number of nitrogens with zero attached hydrogens (tertiary/aromatic N) is 3. The first kappa shape index (κ1) is 16.3. The first-order chi connectivity index (χ1) is 12.3. The fourth-order valence-corrected chi connectivity index (χ4v) is 4.21. The number of nitroso groups, excluding NO2 is 1. The van der Waals surface area contributed by atoms with Crippen molar-refractivity contribution in [2.45, 2.75) is 31.7 Å². The maximum absolute atomic E-state index is 10.5. The Hall–Kier alpha value is -2.20. The molecule has 25 heavy (non-hydrogen) atoms. The van der Waals surface area contributed by atoms with Crippen LogP contribution in [0.3, 0.4) is 0 Å². The monoisotopic (exact) mass is 335 g/mol. The quantitative estimate of drug-likeness (QED) is 0.770. The van der Waals surface area contributed by atoms with Crippen LogP contribution in [0, 0.1) is 4.91 Å². The van der Waals surface area contributed by atoms with Crippen LogP contribution in [0.25, 0.3) is 0 Å². The lowest BCUT2D eigenvalue weighted by Gasteiger charge is -2.38. The summed E-state index contributed by atoms with van der Waals surface area (Å²) in [6, 6.07) is 17.2. The number of fused-ring (bicyclic) bond motifs is 1. The van der Waals surface area contributed by atoms with E-state index < -0.39 is 0 Å². The zero-order valence-electron chi connectivity index (χ0n) is 14.6. The molecule has 0 N–H and O–H groups in total. The summed E-state index contributed by atoms with van der Waals surface area (Å²) in [6.07, 6.45) is 4.74. The van der Waals surface area contributed by atoms with Crippen molar-refractivity contribution in [1.29, 1.82) is 0 Å². The van der Waals surface area contributed by atoms with Crippen molar-refractivity contribution < 1.29 is 0 Å². The summed E-state index contributed by atoms with van der Waals surface area (Å²) >= 11 is 0. The molecule has 0 spiro atoms. The smallest absolute Gasteiger partial charge is 0.108 e. The highest BCUT2D eigenvalue weighted by Gasteiger charge is 2.28. The summed E-state index contributed by atoms with van der Waals surface area (Å²) in [7, 11) is 0. The second kappa shape index (κ2) is 7.36. The molecule has 2 heterocycles. The molecule has 1 fully saturated rings. The second-order valence-corrected chi connectivity index (χ2v) is 7.15. The van der Waals surface area contributed by atoms with Crippen LogP contribution in [0.2, 0.25) is 0 Å². The van der Waals surface area contributed by atoms with Crippen LogP contribution >= 0.6 is 0 Å². The van der Waals surface area contributed by atoms with E-state index in [1.165, 1.54) is 55.7 Å². The molecule has 0 radical (unpaired) electrons. The third kappa shape index (κ3) is 3.59. The number of likely N-dealkylation sites (tertiary alicyclic amines) is 1. The fourth-order valence-electron chi connectivity index (χ4n) is 4.21. The van der Waals surface area contributed by atoms with E-state index in [4.69, 9.17) is 0 Å².